The SMILES string of the molecule is CNC(Cc1ccccc1)c1cc(C)c(Br)cc1C. The molecule has 2 rings (SSSR count). The Bertz CT molecular complexity index is 549. The first kappa shape index (κ1) is 14.3. The number of nitrogens with one attached hydrogen (secondary N) is 1. The van der Waals surface area contributed by atoms with Crippen LogP contribution in [0.5, 0.6) is 0 Å². The van der Waals surface area contributed by atoms with Crippen LogP contribution in [0.25, 0.3) is 0 Å². The van der Waals surface area contributed by atoms with Crippen molar-refractivity contribution in [1.29, 1.82) is 0 Å². The molecule has 0 aliphatic carbocycles. The first-order chi connectivity index (χ1) is 9.11. The lowest BCUT2D eigenvalue weighted by Gasteiger charge is -2.20. The third-order valence-corrected chi connectivity index (χ3v) is 4.41. The highest BCUT2D eigenvalue weighted by Gasteiger charge is 2.13. The zero-order valence-corrected chi connectivity index (χ0v) is 13.3. The Morgan fingerprint density at radius 2 is 1.74 bits per heavy atom. The quantitative estimate of drug-likeness (QED) is 0.871. The van der Waals surface area contributed by atoms with Gasteiger partial charge in [-0.2, -0.15) is 0 Å². The molecule has 0 aromatic heterocycles. The maximum absolute atomic E-state index is 3.60. The second-order valence-electron chi connectivity index (χ2n) is 4.99. The zero-order chi connectivity index (χ0) is 13.8. The van der Waals surface area contributed by atoms with E-state index in [0.29, 0.717) is 6.04 Å². The summed E-state index contributed by atoms with van der Waals surface area (Å²) >= 11 is 3.60. The molecule has 0 spiro atoms. The van der Waals surface area contributed by atoms with Gasteiger partial charge in [-0.1, -0.05) is 52.3 Å². The average molecular weight is 318 g/mol. The summed E-state index contributed by atoms with van der Waals surface area (Å²) in [6.07, 6.45) is 1.01. The predicted octanol–water partition coefficient (Wildman–Crippen LogP) is 4.57. The normalized spacial score (nSPS) is 12.4. The summed E-state index contributed by atoms with van der Waals surface area (Å²) in [5.74, 6) is 0. The molecule has 2 aromatic carbocycles. The standard InChI is InChI=1S/C17H20BrN/c1-12-10-16(18)13(2)9-15(12)17(19-3)11-14-7-5-4-6-8-14/h4-10,17,19H,11H2,1-3H3. The molecule has 1 atom stereocenters. The third-order valence-electron chi connectivity index (χ3n) is 3.55. The molecule has 0 bridgehead atoms. The van der Waals surface area contributed by atoms with E-state index in [0.717, 1.165) is 6.42 Å². The summed E-state index contributed by atoms with van der Waals surface area (Å²) in [5, 5.41) is 3.44. The van der Waals surface area contributed by atoms with Crippen molar-refractivity contribution < 1.29 is 0 Å². The molecule has 0 heterocycles. The van der Waals surface area contributed by atoms with Crippen LogP contribution in [0.2, 0.25) is 0 Å². The van der Waals surface area contributed by atoms with E-state index < -0.39 is 0 Å². The molecule has 2 heteroatoms. The van der Waals surface area contributed by atoms with Crippen LogP contribution in [-0.4, -0.2) is 7.05 Å². The van der Waals surface area contributed by atoms with Gasteiger partial charge in [0.25, 0.3) is 0 Å². The largest absolute Gasteiger partial charge is 0.313 e. The second-order valence-corrected chi connectivity index (χ2v) is 5.84. The van der Waals surface area contributed by atoms with Crippen LogP contribution < -0.4 is 5.32 Å². The fraction of sp³-hybridized carbons (Fsp3) is 0.294. The first-order valence-corrected chi connectivity index (χ1v) is 7.39. The van der Waals surface area contributed by atoms with Gasteiger partial charge in [0.15, 0.2) is 0 Å². The van der Waals surface area contributed by atoms with Gasteiger partial charge in [-0.15, -0.1) is 0 Å². The van der Waals surface area contributed by atoms with E-state index in [1.807, 2.05) is 7.05 Å². The predicted molar refractivity (Wildman–Crippen MR) is 85.6 cm³/mol. The van der Waals surface area contributed by atoms with Crippen LogP contribution in [0, 0.1) is 13.8 Å². The van der Waals surface area contributed by atoms with Gasteiger partial charge in [-0.3, -0.25) is 0 Å². The summed E-state index contributed by atoms with van der Waals surface area (Å²) in [4.78, 5) is 0. The minimum atomic E-state index is 0.356. The van der Waals surface area contributed by atoms with Gasteiger partial charge >= 0.3 is 0 Å². The molecule has 0 aliphatic heterocycles. The number of rotatable bonds is 4. The van der Waals surface area contributed by atoms with Crippen molar-refractivity contribution in [3.8, 4) is 0 Å². The number of likely N-dealkylation sites (N-methyl/N-ethyl adjacent to an activating group) is 1. The van der Waals surface area contributed by atoms with E-state index in [9.17, 15) is 0 Å². The summed E-state index contributed by atoms with van der Waals surface area (Å²) in [6, 6.07) is 15.5. The molecule has 0 saturated heterocycles. The van der Waals surface area contributed by atoms with E-state index in [2.05, 4.69) is 77.6 Å². The minimum Gasteiger partial charge on any atom is -0.313 e. The van der Waals surface area contributed by atoms with Gasteiger partial charge in [0.05, 0.1) is 0 Å². The summed E-state index contributed by atoms with van der Waals surface area (Å²) < 4.78 is 1.18. The summed E-state index contributed by atoms with van der Waals surface area (Å²) in [7, 11) is 2.03. The smallest absolute Gasteiger partial charge is 0.0361 e. The van der Waals surface area contributed by atoms with Crippen molar-refractivity contribution in [3.05, 3.63) is 69.2 Å². The monoisotopic (exact) mass is 317 g/mol. The van der Waals surface area contributed by atoms with Crippen LogP contribution in [0.1, 0.15) is 28.3 Å². The Labute approximate surface area is 124 Å². The first-order valence-electron chi connectivity index (χ1n) is 6.59. The van der Waals surface area contributed by atoms with E-state index in [4.69, 9.17) is 0 Å². The van der Waals surface area contributed by atoms with Gasteiger partial charge in [-0.05, 0) is 55.6 Å². The van der Waals surface area contributed by atoms with Crippen LogP contribution in [0.15, 0.2) is 46.9 Å². The molecule has 2 aromatic rings. The fourth-order valence-electron chi connectivity index (χ4n) is 2.40. The maximum Gasteiger partial charge on any atom is 0.0361 e. The topological polar surface area (TPSA) is 12.0 Å². The lowest BCUT2D eigenvalue weighted by atomic mass is 9.94. The highest BCUT2D eigenvalue weighted by molar-refractivity contribution is 9.10. The van der Waals surface area contributed by atoms with Gasteiger partial charge in [0.2, 0.25) is 0 Å². The Hall–Kier alpha value is -1.12. The number of halogens is 1. The molecular weight excluding hydrogens is 298 g/mol. The molecule has 1 nitrogen and oxygen atoms in total. The van der Waals surface area contributed by atoms with Crippen molar-refractivity contribution in [1.82, 2.24) is 5.32 Å². The Balaban J connectivity index is 2.30. The lowest BCUT2D eigenvalue weighted by Crippen LogP contribution is -2.20. The molecule has 19 heavy (non-hydrogen) atoms. The van der Waals surface area contributed by atoms with E-state index in [-0.39, 0.29) is 0 Å². The summed E-state index contributed by atoms with van der Waals surface area (Å²) in [5.41, 5.74) is 5.36. The lowest BCUT2D eigenvalue weighted by molar-refractivity contribution is 0.588. The Kier molecular flexibility index (Phi) is 4.78. The highest BCUT2D eigenvalue weighted by atomic mass is 79.9. The van der Waals surface area contributed by atoms with E-state index >= 15 is 0 Å². The summed E-state index contributed by atoms with van der Waals surface area (Å²) in [6.45, 7) is 4.32. The number of hydrogen-bond acceptors (Lipinski definition) is 1. The fourth-order valence-corrected chi connectivity index (χ4v) is 2.85. The molecule has 1 N–H and O–H groups in total. The Morgan fingerprint density at radius 3 is 2.37 bits per heavy atom. The van der Waals surface area contributed by atoms with Crippen LogP contribution in [-0.2, 0) is 6.42 Å². The molecule has 0 fully saturated rings. The molecule has 0 saturated carbocycles. The number of aryl methyl sites for hydroxylation is 2. The van der Waals surface area contributed by atoms with Gasteiger partial charge < -0.3 is 5.32 Å². The van der Waals surface area contributed by atoms with Crippen molar-refractivity contribution in [2.24, 2.45) is 0 Å². The second kappa shape index (κ2) is 6.36. The van der Waals surface area contributed by atoms with Gasteiger partial charge in [-0.25, -0.2) is 0 Å². The zero-order valence-electron chi connectivity index (χ0n) is 11.7. The molecular formula is C17H20BrN. The number of benzene rings is 2. The van der Waals surface area contributed by atoms with Crippen molar-refractivity contribution in [3.63, 3.8) is 0 Å². The van der Waals surface area contributed by atoms with Crippen molar-refractivity contribution in [2.75, 3.05) is 7.05 Å². The highest BCUT2D eigenvalue weighted by Crippen LogP contribution is 2.27. The van der Waals surface area contributed by atoms with E-state index in [1.165, 1.54) is 26.7 Å². The van der Waals surface area contributed by atoms with Crippen LogP contribution >= 0.6 is 15.9 Å². The van der Waals surface area contributed by atoms with Gasteiger partial charge in [0, 0.05) is 10.5 Å². The molecule has 0 amide bonds. The van der Waals surface area contributed by atoms with E-state index in [1.54, 1.807) is 0 Å². The molecule has 0 radical (unpaired) electrons. The van der Waals surface area contributed by atoms with Gasteiger partial charge in [0.1, 0.15) is 0 Å². The van der Waals surface area contributed by atoms with Crippen LogP contribution in [0.3, 0.4) is 0 Å². The molecule has 0 aliphatic rings. The average Bonchev–Trinajstić information content (AvgIpc) is 2.42. The minimum absolute atomic E-state index is 0.356. The molecule has 1 unspecified atom stereocenters. The third kappa shape index (κ3) is 3.46. The van der Waals surface area contributed by atoms with Crippen molar-refractivity contribution in [2.45, 2.75) is 26.3 Å². The van der Waals surface area contributed by atoms with Crippen molar-refractivity contribution >= 4 is 15.9 Å². The maximum atomic E-state index is 3.60. The molecule has 100 valence electrons. The van der Waals surface area contributed by atoms with Crippen LogP contribution in [0.4, 0.5) is 0 Å². The number of hydrogen-bond donors (Lipinski definition) is 1. The Morgan fingerprint density at radius 1 is 1.05 bits per heavy atom.